The quantitative estimate of drug-likeness (QED) is 0.649. The van der Waals surface area contributed by atoms with E-state index in [4.69, 9.17) is 0 Å². The third-order valence-corrected chi connectivity index (χ3v) is 7.51. The van der Waals surface area contributed by atoms with E-state index in [0.717, 1.165) is 43.9 Å². The van der Waals surface area contributed by atoms with Crippen LogP contribution in [-0.2, 0) is 14.4 Å². The number of rotatable bonds is 6. The Morgan fingerprint density at radius 1 is 1.07 bits per heavy atom. The molecule has 0 bridgehead atoms. The minimum absolute atomic E-state index is 0.00826. The molecule has 2 rings (SSSR count). The molecule has 4 atom stereocenters. The van der Waals surface area contributed by atoms with Gasteiger partial charge in [0, 0.05) is 24.5 Å². The number of amides is 3. The SMILES string of the molecule is C[C@H](CSC(=O)[C@@H](C)NC(=O)C1CCCCC1)C(=O)[N+]1(C(=O)O)CCC[C@H]1C. The van der Waals surface area contributed by atoms with Gasteiger partial charge in [-0.2, -0.15) is 9.28 Å². The average molecular weight is 414 g/mol. The summed E-state index contributed by atoms with van der Waals surface area (Å²) in [6.45, 7) is 5.46. The van der Waals surface area contributed by atoms with Crippen LogP contribution in [0.1, 0.15) is 65.7 Å². The molecule has 0 radical (unpaired) electrons. The Kier molecular flexibility index (Phi) is 8.07. The molecular formula is C20H33N2O5S+. The summed E-state index contributed by atoms with van der Waals surface area (Å²) in [4.78, 5) is 49.4. The zero-order valence-electron chi connectivity index (χ0n) is 17.1. The van der Waals surface area contributed by atoms with Gasteiger partial charge < -0.3 is 10.4 Å². The van der Waals surface area contributed by atoms with Crippen LogP contribution < -0.4 is 5.32 Å². The second kappa shape index (κ2) is 9.87. The van der Waals surface area contributed by atoms with E-state index in [9.17, 15) is 24.3 Å². The summed E-state index contributed by atoms with van der Waals surface area (Å²) >= 11 is 1.00. The summed E-state index contributed by atoms with van der Waals surface area (Å²) in [7, 11) is 0. The number of hydrogen-bond acceptors (Lipinski definition) is 5. The number of nitrogens with one attached hydrogen (secondary N) is 1. The van der Waals surface area contributed by atoms with E-state index < -0.39 is 22.5 Å². The zero-order valence-corrected chi connectivity index (χ0v) is 17.9. The molecule has 1 heterocycles. The van der Waals surface area contributed by atoms with Crippen molar-refractivity contribution in [1.82, 2.24) is 5.32 Å². The van der Waals surface area contributed by atoms with Gasteiger partial charge in [-0.1, -0.05) is 31.0 Å². The number of quaternary nitrogens is 1. The van der Waals surface area contributed by atoms with E-state index in [1.54, 1.807) is 20.8 Å². The normalized spacial score (nSPS) is 27.8. The van der Waals surface area contributed by atoms with Crippen molar-refractivity contribution in [3.63, 3.8) is 0 Å². The molecule has 3 amide bonds. The Morgan fingerprint density at radius 2 is 1.71 bits per heavy atom. The van der Waals surface area contributed by atoms with Gasteiger partial charge in [0.2, 0.25) is 11.0 Å². The van der Waals surface area contributed by atoms with Crippen LogP contribution in [0.3, 0.4) is 0 Å². The summed E-state index contributed by atoms with van der Waals surface area (Å²) in [5, 5.41) is 12.3. The maximum absolute atomic E-state index is 12.9. The predicted octanol–water partition coefficient (Wildman–Crippen LogP) is 3.17. The first kappa shape index (κ1) is 22.9. The average Bonchev–Trinajstić information content (AvgIpc) is 3.08. The third-order valence-electron chi connectivity index (χ3n) is 6.21. The summed E-state index contributed by atoms with van der Waals surface area (Å²) < 4.78 is -0.538. The highest BCUT2D eigenvalue weighted by molar-refractivity contribution is 8.13. The smallest absolute Gasteiger partial charge is 0.435 e. The van der Waals surface area contributed by atoms with Crippen molar-refractivity contribution in [2.75, 3.05) is 12.3 Å². The summed E-state index contributed by atoms with van der Waals surface area (Å²) in [5.74, 6) is -0.734. The molecule has 0 aromatic carbocycles. The van der Waals surface area contributed by atoms with Gasteiger partial charge in [-0.15, -0.1) is 0 Å². The molecule has 1 unspecified atom stereocenters. The molecule has 1 aliphatic heterocycles. The molecule has 158 valence electrons. The van der Waals surface area contributed by atoms with Crippen LogP contribution in [0.25, 0.3) is 0 Å². The van der Waals surface area contributed by atoms with Gasteiger partial charge >= 0.3 is 12.0 Å². The molecule has 1 aliphatic carbocycles. The van der Waals surface area contributed by atoms with Crippen molar-refractivity contribution in [2.45, 2.75) is 77.8 Å². The zero-order chi connectivity index (χ0) is 20.9. The van der Waals surface area contributed by atoms with Crippen molar-refractivity contribution >= 4 is 34.8 Å². The van der Waals surface area contributed by atoms with Gasteiger partial charge in [0.1, 0.15) is 6.04 Å². The molecule has 2 fully saturated rings. The van der Waals surface area contributed by atoms with Crippen LogP contribution in [0.2, 0.25) is 0 Å². The Morgan fingerprint density at radius 3 is 2.25 bits per heavy atom. The predicted molar refractivity (Wildman–Crippen MR) is 108 cm³/mol. The molecule has 28 heavy (non-hydrogen) atoms. The molecule has 0 aromatic heterocycles. The second-order valence-electron chi connectivity index (χ2n) is 8.30. The first-order valence-electron chi connectivity index (χ1n) is 10.3. The number of imide groups is 1. The Hall–Kier alpha value is -1.41. The van der Waals surface area contributed by atoms with Crippen LogP contribution in [0.15, 0.2) is 0 Å². The van der Waals surface area contributed by atoms with E-state index in [-0.39, 0.29) is 34.6 Å². The lowest BCUT2D eigenvalue weighted by Crippen LogP contribution is -2.60. The van der Waals surface area contributed by atoms with E-state index in [1.165, 1.54) is 0 Å². The van der Waals surface area contributed by atoms with Gasteiger partial charge in [-0.05, 0) is 33.6 Å². The number of likely N-dealkylation sites (tertiary alicyclic amines) is 1. The highest BCUT2D eigenvalue weighted by atomic mass is 32.2. The van der Waals surface area contributed by atoms with Crippen LogP contribution in [0.5, 0.6) is 0 Å². The fourth-order valence-corrected chi connectivity index (χ4v) is 5.20. The molecule has 0 aromatic rings. The number of nitrogens with zero attached hydrogens (tertiary/aromatic N) is 1. The molecule has 0 spiro atoms. The van der Waals surface area contributed by atoms with Crippen molar-refractivity contribution in [3.8, 4) is 0 Å². The fraction of sp³-hybridized carbons (Fsp3) is 0.800. The third kappa shape index (κ3) is 4.95. The Labute approximate surface area is 171 Å². The van der Waals surface area contributed by atoms with E-state index in [1.807, 2.05) is 0 Å². The fourth-order valence-electron chi connectivity index (χ4n) is 4.33. The summed E-state index contributed by atoms with van der Waals surface area (Å²) in [6, 6.07) is -0.864. The lowest BCUT2D eigenvalue weighted by Gasteiger charge is -2.31. The largest absolute Gasteiger partial charge is 0.521 e. The Balaban J connectivity index is 1.86. The van der Waals surface area contributed by atoms with Gasteiger partial charge in [-0.3, -0.25) is 9.59 Å². The molecular weight excluding hydrogens is 380 g/mol. The lowest BCUT2D eigenvalue weighted by atomic mass is 9.88. The highest BCUT2D eigenvalue weighted by Crippen LogP contribution is 2.31. The van der Waals surface area contributed by atoms with Gasteiger partial charge in [-0.25, -0.2) is 4.79 Å². The van der Waals surface area contributed by atoms with Crippen LogP contribution in [0.4, 0.5) is 4.79 Å². The summed E-state index contributed by atoms with van der Waals surface area (Å²) in [5.41, 5.74) is 0. The molecule has 1 saturated heterocycles. The van der Waals surface area contributed by atoms with Gasteiger partial charge in [0.25, 0.3) is 0 Å². The van der Waals surface area contributed by atoms with Crippen LogP contribution in [-0.4, -0.2) is 57.0 Å². The number of carboxylic acid groups (broad SMARTS) is 1. The van der Waals surface area contributed by atoms with E-state index >= 15 is 0 Å². The van der Waals surface area contributed by atoms with Crippen LogP contribution in [0, 0.1) is 11.8 Å². The molecule has 1 saturated carbocycles. The van der Waals surface area contributed by atoms with E-state index in [0.29, 0.717) is 19.4 Å². The van der Waals surface area contributed by atoms with Crippen molar-refractivity contribution < 1.29 is 28.8 Å². The summed E-state index contributed by atoms with van der Waals surface area (Å²) in [6.07, 6.45) is 5.33. The maximum atomic E-state index is 12.9. The second-order valence-corrected chi connectivity index (χ2v) is 9.33. The number of carbonyl (C=O) groups is 4. The minimum atomic E-state index is -1.11. The minimum Gasteiger partial charge on any atom is -0.435 e. The van der Waals surface area contributed by atoms with Crippen molar-refractivity contribution in [3.05, 3.63) is 0 Å². The van der Waals surface area contributed by atoms with Crippen LogP contribution >= 0.6 is 11.8 Å². The molecule has 8 heteroatoms. The highest BCUT2D eigenvalue weighted by Gasteiger charge is 2.54. The van der Waals surface area contributed by atoms with Gasteiger partial charge in [0.05, 0.1) is 18.5 Å². The number of carbonyl (C=O) groups excluding carboxylic acids is 3. The first-order valence-corrected chi connectivity index (χ1v) is 11.3. The first-order chi connectivity index (χ1) is 13.2. The molecule has 7 nitrogen and oxygen atoms in total. The topological polar surface area (TPSA) is 101 Å². The maximum Gasteiger partial charge on any atom is 0.521 e. The Bertz CT molecular complexity index is 620. The molecule has 2 aliphatic rings. The van der Waals surface area contributed by atoms with Crippen molar-refractivity contribution in [2.24, 2.45) is 11.8 Å². The van der Waals surface area contributed by atoms with Gasteiger partial charge in [0.15, 0.2) is 0 Å². The van der Waals surface area contributed by atoms with Crippen molar-refractivity contribution in [1.29, 1.82) is 0 Å². The molecule has 2 N–H and O–H groups in total. The monoisotopic (exact) mass is 413 g/mol. The van der Waals surface area contributed by atoms with E-state index in [2.05, 4.69) is 5.32 Å². The number of hydrogen-bond donors (Lipinski definition) is 2. The lowest BCUT2D eigenvalue weighted by molar-refractivity contribution is -0.793. The standard InChI is InChI=1S/C20H32N2O5S/c1-13(18(24)22(20(26)27)11-7-8-14(22)2)12-28-19(25)15(3)21-17(23)16-9-5-4-6-10-16/h13-16H,4-12H2,1-3H3,(H-,21,23,26,27)/p+1/t13-,14-,15-,22?/m1/s1. The number of thioether (sulfide) groups is 1.